The first-order valence-corrected chi connectivity index (χ1v) is 6.96. The van der Waals surface area contributed by atoms with Crippen molar-refractivity contribution < 1.29 is 5.11 Å². The summed E-state index contributed by atoms with van der Waals surface area (Å²) in [6.07, 6.45) is 3.45. The van der Waals surface area contributed by atoms with Crippen LogP contribution in [0.15, 0.2) is 36.5 Å². The molecule has 1 aromatic carbocycles. The molecule has 0 fully saturated rings. The predicted octanol–water partition coefficient (Wildman–Crippen LogP) is 1.55. The maximum Gasteiger partial charge on any atom is 0.0540 e. The van der Waals surface area contributed by atoms with Gasteiger partial charge in [0.2, 0.25) is 0 Å². The number of benzene rings is 1. The van der Waals surface area contributed by atoms with E-state index in [2.05, 4.69) is 36.3 Å². The molecular weight excluding hydrogens is 250 g/mol. The lowest BCUT2D eigenvalue weighted by Crippen LogP contribution is -2.39. The summed E-state index contributed by atoms with van der Waals surface area (Å²) in [7, 11) is 1.93. The molecule has 1 unspecified atom stereocenters. The summed E-state index contributed by atoms with van der Waals surface area (Å²) in [5.41, 5.74) is 9.08. The monoisotopic (exact) mass is 273 g/mol. The van der Waals surface area contributed by atoms with Crippen LogP contribution in [0.1, 0.15) is 23.2 Å². The SMILES string of the molecule is Cc1ccc(C(CN)(CO)CCc2ccnn2C)cc1. The van der Waals surface area contributed by atoms with Gasteiger partial charge in [-0.1, -0.05) is 29.8 Å². The van der Waals surface area contributed by atoms with Crippen molar-refractivity contribution in [1.82, 2.24) is 9.78 Å². The molecule has 1 heterocycles. The second-order valence-electron chi connectivity index (χ2n) is 5.45. The lowest BCUT2D eigenvalue weighted by molar-refractivity contribution is 0.187. The summed E-state index contributed by atoms with van der Waals surface area (Å²) in [4.78, 5) is 0. The number of aryl methyl sites for hydroxylation is 3. The average molecular weight is 273 g/mol. The highest BCUT2D eigenvalue weighted by Gasteiger charge is 2.30. The van der Waals surface area contributed by atoms with Gasteiger partial charge in [0.05, 0.1) is 6.61 Å². The van der Waals surface area contributed by atoms with E-state index >= 15 is 0 Å². The molecule has 3 N–H and O–H groups in total. The summed E-state index contributed by atoms with van der Waals surface area (Å²) in [5, 5.41) is 14.1. The minimum Gasteiger partial charge on any atom is -0.395 e. The van der Waals surface area contributed by atoms with Crippen molar-refractivity contribution in [3.63, 3.8) is 0 Å². The zero-order valence-corrected chi connectivity index (χ0v) is 12.2. The first kappa shape index (κ1) is 14.8. The van der Waals surface area contributed by atoms with Crippen molar-refractivity contribution in [2.24, 2.45) is 12.8 Å². The minimum atomic E-state index is -0.377. The van der Waals surface area contributed by atoms with Crippen LogP contribution >= 0.6 is 0 Å². The van der Waals surface area contributed by atoms with Crippen LogP contribution in [0.2, 0.25) is 0 Å². The van der Waals surface area contributed by atoms with Gasteiger partial charge < -0.3 is 10.8 Å². The number of nitrogens with zero attached hydrogens (tertiary/aromatic N) is 2. The Balaban J connectivity index is 2.21. The summed E-state index contributed by atoms with van der Waals surface area (Å²) in [6, 6.07) is 10.3. The summed E-state index contributed by atoms with van der Waals surface area (Å²) < 4.78 is 1.87. The van der Waals surface area contributed by atoms with Crippen LogP contribution in [0.25, 0.3) is 0 Å². The fourth-order valence-corrected chi connectivity index (χ4v) is 2.52. The Bertz CT molecular complexity index is 541. The van der Waals surface area contributed by atoms with Gasteiger partial charge in [-0.25, -0.2) is 0 Å². The number of nitrogens with two attached hydrogens (primary N) is 1. The number of aliphatic hydroxyl groups excluding tert-OH is 1. The quantitative estimate of drug-likeness (QED) is 0.839. The molecule has 0 saturated carbocycles. The Labute approximate surface area is 120 Å². The highest BCUT2D eigenvalue weighted by atomic mass is 16.3. The van der Waals surface area contributed by atoms with Crippen molar-refractivity contribution in [1.29, 1.82) is 0 Å². The molecule has 0 aliphatic rings. The van der Waals surface area contributed by atoms with Crippen molar-refractivity contribution >= 4 is 0 Å². The number of hydrogen-bond donors (Lipinski definition) is 2. The Kier molecular flexibility index (Phi) is 4.57. The number of aliphatic hydroxyl groups is 1. The van der Waals surface area contributed by atoms with Gasteiger partial charge in [0.25, 0.3) is 0 Å². The summed E-state index contributed by atoms with van der Waals surface area (Å²) >= 11 is 0. The fourth-order valence-electron chi connectivity index (χ4n) is 2.52. The number of rotatable bonds is 6. The van der Waals surface area contributed by atoms with E-state index < -0.39 is 0 Å². The van der Waals surface area contributed by atoms with Gasteiger partial charge in [-0.15, -0.1) is 0 Å². The molecule has 0 amide bonds. The Morgan fingerprint density at radius 2 is 1.95 bits per heavy atom. The summed E-state index contributed by atoms with van der Waals surface area (Å²) in [5.74, 6) is 0. The molecule has 4 nitrogen and oxygen atoms in total. The molecule has 2 rings (SSSR count). The predicted molar refractivity (Wildman–Crippen MR) is 80.5 cm³/mol. The molecule has 20 heavy (non-hydrogen) atoms. The van der Waals surface area contributed by atoms with Crippen LogP contribution in [0.4, 0.5) is 0 Å². The molecule has 0 bridgehead atoms. The van der Waals surface area contributed by atoms with Crippen LogP contribution < -0.4 is 5.73 Å². The van der Waals surface area contributed by atoms with Gasteiger partial charge in [-0.2, -0.15) is 5.10 Å². The smallest absolute Gasteiger partial charge is 0.0540 e. The van der Waals surface area contributed by atoms with E-state index in [1.165, 1.54) is 5.56 Å². The molecule has 1 atom stereocenters. The van der Waals surface area contributed by atoms with Gasteiger partial charge in [0.1, 0.15) is 0 Å². The van der Waals surface area contributed by atoms with Crippen LogP contribution in [0.3, 0.4) is 0 Å². The number of aromatic nitrogens is 2. The Hall–Kier alpha value is -1.65. The van der Waals surface area contributed by atoms with E-state index in [-0.39, 0.29) is 12.0 Å². The molecule has 4 heteroatoms. The maximum atomic E-state index is 9.89. The van der Waals surface area contributed by atoms with E-state index in [1.807, 2.05) is 17.8 Å². The van der Waals surface area contributed by atoms with Crippen LogP contribution in [0.5, 0.6) is 0 Å². The maximum absolute atomic E-state index is 9.89. The minimum absolute atomic E-state index is 0.0599. The van der Waals surface area contributed by atoms with E-state index in [9.17, 15) is 5.11 Å². The van der Waals surface area contributed by atoms with Gasteiger partial charge in [0, 0.05) is 30.9 Å². The molecule has 1 aromatic heterocycles. The lowest BCUT2D eigenvalue weighted by atomic mass is 9.77. The zero-order chi connectivity index (χ0) is 14.6. The topological polar surface area (TPSA) is 64.1 Å². The first-order chi connectivity index (χ1) is 9.61. The van der Waals surface area contributed by atoms with E-state index in [0.29, 0.717) is 6.54 Å². The van der Waals surface area contributed by atoms with Crippen molar-refractivity contribution in [3.8, 4) is 0 Å². The standard InChI is InChI=1S/C16H23N3O/c1-13-3-5-14(6-4-13)16(11-17,12-20)9-7-15-8-10-18-19(15)2/h3-6,8,10,20H,7,9,11-12,17H2,1-2H3. The molecule has 2 aromatic rings. The normalized spacial score (nSPS) is 14.2. The molecule has 0 radical (unpaired) electrons. The van der Waals surface area contributed by atoms with Crippen LogP contribution in [0, 0.1) is 6.92 Å². The first-order valence-electron chi connectivity index (χ1n) is 6.96. The van der Waals surface area contributed by atoms with Gasteiger partial charge in [-0.05, 0) is 31.4 Å². The second kappa shape index (κ2) is 6.20. The van der Waals surface area contributed by atoms with Crippen molar-refractivity contribution in [3.05, 3.63) is 53.3 Å². The lowest BCUT2D eigenvalue weighted by Gasteiger charge is -2.31. The van der Waals surface area contributed by atoms with E-state index in [0.717, 1.165) is 24.1 Å². The molecule has 0 aliphatic carbocycles. The highest BCUT2D eigenvalue weighted by molar-refractivity contribution is 5.29. The zero-order valence-electron chi connectivity index (χ0n) is 12.2. The summed E-state index contributed by atoms with van der Waals surface area (Å²) in [6.45, 7) is 2.55. The fraction of sp³-hybridized carbons (Fsp3) is 0.438. The van der Waals surface area contributed by atoms with Gasteiger partial charge in [-0.3, -0.25) is 4.68 Å². The molecule has 108 valence electrons. The Morgan fingerprint density at radius 1 is 1.25 bits per heavy atom. The van der Waals surface area contributed by atoms with Crippen LogP contribution in [-0.4, -0.2) is 28.0 Å². The average Bonchev–Trinajstić information content (AvgIpc) is 2.88. The van der Waals surface area contributed by atoms with Crippen molar-refractivity contribution in [2.75, 3.05) is 13.2 Å². The largest absolute Gasteiger partial charge is 0.395 e. The molecular formula is C16H23N3O. The third-order valence-electron chi connectivity index (χ3n) is 4.14. The van der Waals surface area contributed by atoms with Crippen LogP contribution in [-0.2, 0) is 18.9 Å². The molecule has 0 spiro atoms. The third-order valence-corrected chi connectivity index (χ3v) is 4.14. The second-order valence-corrected chi connectivity index (χ2v) is 5.45. The molecule has 0 aliphatic heterocycles. The molecule has 0 saturated heterocycles. The van der Waals surface area contributed by atoms with Gasteiger partial charge in [0.15, 0.2) is 0 Å². The third kappa shape index (κ3) is 2.92. The van der Waals surface area contributed by atoms with E-state index in [4.69, 9.17) is 5.73 Å². The number of hydrogen-bond acceptors (Lipinski definition) is 3. The highest BCUT2D eigenvalue weighted by Crippen LogP contribution is 2.28. The van der Waals surface area contributed by atoms with Crippen molar-refractivity contribution in [2.45, 2.75) is 25.2 Å². The van der Waals surface area contributed by atoms with Gasteiger partial charge >= 0.3 is 0 Å². The van der Waals surface area contributed by atoms with E-state index in [1.54, 1.807) is 6.20 Å². The Morgan fingerprint density at radius 3 is 2.45 bits per heavy atom.